The van der Waals surface area contributed by atoms with Crippen molar-refractivity contribution in [3.8, 4) is 0 Å². The molecule has 1 aromatic heterocycles. The van der Waals surface area contributed by atoms with Gasteiger partial charge in [0.25, 0.3) is 5.91 Å². The number of carbonyl (C=O) groups excluding carboxylic acids is 1. The first-order valence-electron chi connectivity index (χ1n) is 8.30. The summed E-state index contributed by atoms with van der Waals surface area (Å²) in [5.41, 5.74) is 7.21. The van der Waals surface area contributed by atoms with E-state index in [2.05, 4.69) is 4.98 Å². The molecule has 3 unspecified atom stereocenters. The van der Waals surface area contributed by atoms with Crippen LogP contribution >= 0.6 is 12.4 Å². The number of para-hydroxylation sites is 1. The molecule has 1 saturated heterocycles. The minimum atomic E-state index is -0.236. The number of likely N-dealkylation sites (tertiary alicyclic amines) is 1. The molecule has 2 fully saturated rings. The zero-order valence-electron chi connectivity index (χ0n) is 13.4. The van der Waals surface area contributed by atoms with Gasteiger partial charge >= 0.3 is 0 Å². The van der Waals surface area contributed by atoms with E-state index in [1.807, 2.05) is 29.2 Å². The fraction of sp³-hybridized carbons (Fsp3) is 0.444. The summed E-state index contributed by atoms with van der Waals surface area (Å²) in [5, 5.41) is 0.802. The second-order valence-corrected chi connectivity index (χ2v) is 6.82. The summed E-state index contributed by atoms with van der Waals surface area (Å²) >= 11 is 0. The molecule has 6 heteroatoms. The standard InChI is InChI=1S/C18H21N3O2.ClH/c19-15-6-3-4-11-9-21(10-14(11)15)18(23)13-8-17(22)20-16-7-2-1-5-12(13)16;/h1-2,5,7-8,11,14-15H,3-4,6,9-10,19H2,(H,20,22);1H. The van der Waals surface area contributed by atoms with Crippen LogP contribution in [0.4, 0.5) is 0 Å². The highest BCUT2D eigenvalue weighted by atomic mass is 35.5. The maximum atomic E-state index is 13.0. The number of hydrogen-bond donors (Lipinski definition) is 2. The van der Waals surface area contributed by atoms with Crippen LogP contribution in [0.25, 0.3) is 10.9 Å². The number of nitrogens with zero attached hydrogens (tertiary/aromatic N) is 1. The lowest BCUT2D eigenvalue weighted by Gasteiger charge is -2.29. The second kappa shape index (κ2) is 6.57. The molecule has 0 radical (unpaired) electrons. The summed E-state index contributed by atoms with van der Waals surface area (Å²) in [6.07, 6.45) is 3.35. The summed E-state index contributed by atoms with van der Waals surface area (Å²) in [6.45, 7) is 1.48. The van der Waals surface area contributed by atoms with Crippen LogP contribution in [0.5, 0.6) is 0 Å². The van der Waals surface area contributed by atoms with Gasteiger partial charge in [0.05, 0.1) is 5.56 Å². The molecule has 0 spiro atoms. The molecule has 1 aliphatic heterocycles. The number of pyridine rings is 1. The largest absolute Gasteiger partial charge is 0.338 e. The number of carbonyl (C=O) groups is 1. The van der Waals surface area contributed by atoms with E-state index < -0.39 is 0 Å². The van der Waals surface area contributed by atoms with E-state index in [-0.39, 0.29) is 29.9 Å². The molecule has 5 nitrogen and oxygen atoms in total. The number of H-pyrrole nitrogens is 1. The van der Waals surface area contributed by atoms with Gasteiger partial charge in [0.2, 0.25) is 5.56 Å². The van der Waals surface area contributed by atoms with Gasteiger partial charge in [-0.2, -0.15) is 0 Å². The van der Waals surface area contributed by atoms with E-state index in [1.165, 1.54) is 6.07 Å². The number of benzene rings is 1. The fourth-order valence-corrected chi connectivity index (χ4v) is 4.23. The highest BCUT2D eigenvalue weighted by molar-refractivity contribution is 6.06. The van der Waals surface area contributed by atoms with Crippen LogP contribution in [0.3, 0.4) is 0 Å². The van der Waals surface area contributed by atoms with E-state index >= 15 is 0 Å². The predicted molar refractivity (Wildman–Crippen MR) is 96.5 cm³/mol. The van der Waals surface area contributed by atoms with Crippen molar-refractivity contribution < 1.29 is 4.79 Å². The first kappa shape index (κ1) is 17.0. The summed E-state index contributed by atoms with van der Waals surface area (Å²) in [7, 11) is 0. The first-order chi connectivity index (χ1) is 11.1. The quantitative estimate of drug-likeness (QED) is 0.829. The van der Waals surface area contributed by atoms with Gasteiger partial charge in [-0.3, -0.25) is 9.59 Å². The lowest BCUT2D eigenvalue weighted by atomic mass is 9.78. The third-order valence-electron chi connectivity index (χ3n) is 5.42. The van der Waals surface area contributed by atoms with Crippen LogP contribution < -0.4 is 11.3 Å². The molecular formula is C18H22ClN3O2. The van der Waals surface area contributed by atoms with Gasteiger partial charge in [-0.25, -0.2) is 0 Å². The monoisotopic (exact) mass is 347 g/mol. The highest BCUT2D eigenvalue weighted by Gasteiger charge is 2.40. The molecule has 24 heavy (non-hydrogen) atoms. The minimum Gasteiger partial charge on any atom is -0.338 e. The van der Waals surface area contributed by atoms with Crippen molar-refractivity contribution in [3.05, 3.63) is 46.2 Å². The lowest BCUT2D eigenvalue weighted by Crippen LogP contribution is -2.38. The summed E-state index contributed by atoms with van der Waals surface area (Å²) in [5.74, 6) is 0.867. The van der Waals surface area contributed by atoms with Crippen molar-refractivity contribution in [2.24, 2.45) is 17.6 Å². The average molecular weight is 348 g/mol. The molecule has 1 aromatic carbocycles. The van der Waals surface area contributed by atoms with E-state index in [9.17, 15) is 9.59 Å². The Morgan fingerprint density at radius 2 is 2.00 bits per heavy atom. The number of fused-ring (bicyclic) bond motifs is 2. The van der Waals surface area contributed by atoms with Gasteiger partial charge in [0.15, 0.2) is 0 Å². The normalized spacial score (nSPS) is 26.0. The van der Waals surface area contributed by atoms with Crippen molar-refractivity contribution >= 4 is 29.2 Å². The molecule has 2 aliphatic rings. The number of halogens is 1. The maximum absolute atomic E-state index is 13.0. The zero-order valence-corrected chi connectivity index (χ0v) is 14.2. The molecular weight excluding hydrogens is 326 g/mol. The molecule has 2 heterocycles. The third kappa shape index (κ3) is 2.82. The fourth-order valence-electron chi connectivity index (χ4n) is 4.23. The maximum Gasteiger partial charge on any atom is 0.254 e. The van der Waals surface area contributed by atoms with Crippen LogP contribution in [-0.4, -0.2) is 34.9 Å². The molecule has 0 bridgehead atoms. The van der Waals surface area contributed by atoms with Gasteiger partial charge in [-0.15, -0.1) is 12.4 Å². The van der Waals surface area contributed by atoms with Gasteiger partial charge in [0, 0.05) is 36.1 Å². The Labute approximate surface area is 146 Å². The van der Waals surface area contributed by atoms with Crippen LogP contribution in [0.2, 0.25) is 0 Å². The average Bonchev–Trinajstić information content (AvgIpc) is 2.99. The number of aromatic nitrogens is 1. The molecule has 2 aromatic rings. The van der Waals surface area contributed by atoms with Gasteiger partial charge in [0.1, 0.15) is 0 Å². The van der Waals surface area contributed by atoms with Crippen LogP contribution in [0, 0.1) is 11.8 Å². The van der Waals surface area contributed by atoms with Crippen molar-refractivity contribution in [2.75, 3.05) is 13.1 Å². The Kier molecular flexibility index (Phi) is 4.65. The van der Waals surface area contributed by atoms with E-state index in [4.69, 9.17) is 5.73 Å². The van der Waals surface area contributed by atoms with Crippen molar-refractivity contribution in [1.29, 1.82) is 0 Å². The number of amides is 1. The molecule has 3 atom stereocenters. The van der Waals surface area contributed by atoms with Crippen molar-refractivity contribution in [2.45, 2.75) is 25.3 Å². The summed E-state index contributed by atoms with van der Waals surface area (Å²) in [4.78, 5) is 29.6. The van der Waals surface area contributed by atoms with E-state index in [0.717, 1.165) is 31.2 Å². The highest BCUT2D eigenvalue weighted by Crippen LogP contribution is 2.36. The van der Waals surface area contributed by atoms with Crippen LogP contribution in [0.1, 0.15) is 29.6 Å². The van der Waals surface area contributed by atoms with Gasteiger partial charge in [-0.05, 0) is 30.7 Å². The lowest BCUT2D eigenvalue weighted by molar-refractivity contribution is 0.0785. The minimum absolute atomic E-state index is 0. The third-order valence-corrected chi connectivity index (χ3v) is 5.42. The zero-order chi connectivity index (χ0) is 16.0. The molecule has 128 valence electrons. The number of rotatable bonds is 1. The Morgan fingerprint density at radius 1 is 1.21 bits per heavy atom. The van der Waals surface area contributed by atoms with Crippen LogP contribution in [0.15, 0.2) is 35.1 Å². The van der Waals surface area contributed by atoms with Crippen molar-refractivity contribution in [1.82, 2.24) is 9.88 Å². The number of nitrogens with one attached hydrogen (secondary N) is 1. The molecule has 4 rings (SSSR count). The Hall–Kier alpha value is -1.85. The molecule has 1 saturated carbocycles. The Balaban J connectivity index is 0.00000169. The molecule has 1 amide bonds. The van der Waals surface area contributed by atoms with E-state index in [1.54, 1.807) is 0 Å². The van der Waals surface area contributed by atoms with Gasteiger partial charge < -0.3 is 15.6 Å². The van der Waals surface area contributed by atoms with Crippen molar-refractivity contribution in [3.63, 3.8) is 0 Å². The smallest absolute Gasteiger partial charge is 0.254 e. The summed E-state index contributed by atoms with van der Waals surface area (Å²) in [6, 6.07) is 9.07. The SMILES string of the molecule is Cl.NC1CCCC2CN(C(=O)c3cc(=O)[nH]c4ccccc34)CC12. The Bertz CT molecular complexity index is 819. The first-order valence-corrected chi connectivity index (χ1v) is 8.30. The predicted octanol–water partition coefficient (Wildman–Crippen LogP) is 2.15. The van der Waals surface area contributed by atoms with Crippen LogP contribution in [-0.2, 0) is 0 Å². The molecule has 3 N–H and O–H groups in total. The molecule has 1 aliphatic carbocycles. The number of hydrogen-bond acceptors (Lipinski definition) is 3. The topological polar surface area (TPSA) is 79.2 Å². The summed E-state index contributed by atoms with van der Waals surface area (Å²) < 4.78 is 0. The number of aromatic amines is 1. The van der Waals surface area contributed by atoms with Gasteiger partial charge in [-0.1, -0.05) is 24.6 Å². The van der Waals surface area contributed by atoms with E-state index in [0.29, 0.717) is 29.5 Å². The Morgan fingerprint density at radius 3 is 2.79 bits per heavy atom. The number of nitrogens with two attached hydrogens (primary N) is 1. The second-order valence-electron chi connectivity index (χ2n) is 6.82.